The molecular formula is CH5N3O. The zero-order chi connectivity index (χ0) is 4.28. The van der Waals surface area contributed by atoms with Crippen molar-refractivity contribution in [1.82, 2.24) is 0 Å². The van der Waals surface area contributed by atoms with Gasteiger partial charge in [-0.1, -0.05) is 0 Å². The zero-order valence-electron chi connectivity index (χ0n) is 2.56. The van der Waals surface area contributed by atoms with Gasteiger partial charge in [0, 0.05) is 0 Å². The summed E-state index contributed by atoms with van der Waals surface area (Å²) in [5, 5.41) is 15.3. The maximum atomic E-state index is 9.16. The molecule has 0 aliphatic carbocycles. The SMILES string of the molecule is N=C(N)[NH2+][O-]. The fourth-order valence-electron chi connectivity index (χ4n) is 0. The fourth-order valence-corrected chi connectivity index (χ4v) is 0. The Morgan fingerprint density at radius 3 is 2.20 bits per heavy atom. The molecule has 0 amide bonds. The highest BCUT2D eigenvalue weighted by Gasteiger charge is 1.68. The van der Waals surface area contributed by atoms with Crippen LogP contribution in [0.5, 0.6) is 0 Å². The number of quaternary nitrogens is 1. The van der Waals surface area contributed by atoms with E-state index in [0.29, 0.717) is 0 Å². The van der Waals surface area contributed by atoms with Crippen LogP contribution in [0.25, 0.3) is 0 Å². The van der Waals surface area contributed by atoms with Crippen molar-refractivity contribution >= 4 is 5.96 Å². The number of hydroxylamine groups is 1. The highest BCUT2D eigenvalue weighted by atomic mass is 16.5. The van der Waals surface area contributed by atoms with Crippen molar-refractivity contribution in [2.45, 2.75) is 0 Å². The third-order valence-electron chi connectivity index (χ3n) is 0.127. The van der Waals surface area contributed by atoms with Crippen LogP contribution in [0, 0.1) is 10.6 Å². The molecule has 0 saturated carbocycles. The summed E-state index contributed by atoms with van der Waals surface area (Å²) in [6, 6.07) is 0. The molecule has 0 spiro atoms. The maximum Gasteiger partial charge on any atom is 0.288 e. The third kappa shape index (κ3) is 3.39. The van der Waals surface area contributed by atoms with Crippen LogP contribution in [0.15, 0.2) is 0 Å². The molecule has 0 bridgehead atoms. The van der Waals surface area contributed by atoms with Crippen molar-refractivity contribution in [3.63, 3.8) is 0 Å². The number of rotatable bonds is 0. The topological polar surface area (TPSA) is 89.5 Å². The molecule has 0 atom stereocenters. The van der Waals surface area contributed by atoms with Gasteiger partial charge in [-0.15, -0.1) is 0 Å². The first-order valence-corrected chi connectivity index (χ1v) is 1.06. The van der Waals surface area contributed by atoms with Crippen LogP contribution in [-0.4, -0.2) is 5.96 Å². The molecule has 4 heteroatoms. The molecule has 0 aromatic heterocycles. The monoisotopic (exact) mass is 75.0 g/mol. The van der Waals surface area contributed by atoms with Gasteiger partial charge in [-0.05, 0) is 0 Å². The summed E-state index contributed by atoms with van der Waals surface area (Å²) < 4.78 is 0. The molecule has 5 N–H and O–H groups in total. The highest BCUT2D eigenvalue weighted by Crippen LogP contribution is 1.13. The summed E-state index contributed by atoms with van der Waals surface area (Å²) in [5.74, 6) is -0.426. The van der Waals surface area contributed by atoms with Gasteiger partial charge >= 0.3 is 0 Å². The Labute approximate surface area is 29.1 Å². The molecule has 0 aromatic carbocycles. The van der Waals surface area contributed by atoms with Crippen LogP contribution >= 0.6 is 0 Å². The molecule has 4 nitrogen and oxygen atoms in total. The predicted octanol–water partition coefficient (Wildman–Crippen LogP) is -2.06. The second-order valence-electron chi connectivity index (χ2n) is 0.573. The maximum absolute atomic E-state index is 9.16. The van der Waals surface area contributed by atoms with Crippen molar-refractivity contribution in [3.8, 4) is 0 Å². The largest absolute Gasteiger partial charge is 0.628 e. The van der Waals surface area contributed by atoms with Gasteiger partial charge in [-0.3, -0.25) is 0 Å². The minimum Gasteiger partial charge on any atom is -0.628 e. The minimum absolute atomic E-state index is 0.278. The van der Waals surface area contributed by atoms with Crippen LogP contribution in [0.3, 0.4) is 0 Å². The zero-order valence-corrected chi connectivity index (χ0v) is 2.56. The van der Waals surface area contributed by atoms with Gasteiger partial charge in [0.25, 0.3) is 5.96 Å². The summed E-state index contributed by atoms with van der Waals surface area (Å²) in [6.07, 6.45) is 0. The quantitative estimate of drug-likeness (QED) is 0.175. The smallest absolute Gasteiger partial charge is 0.288 e. The summed E-state index contributed by atoms with van der Waals surface area (Å²) in [4.78, 5) is 0. The lowest BCUT2D eigenvalue weighted by atomic mass is 11.1. The Morgan fingerprint density at radius 2 is 2.20 bits per heavy atom. The highest BCUT2D eigenvalue weighted by molar-refractivity contribution is 5.63. The van der Waals surface area contributed by atoms with E-state index in [1.54, 1.807) is 0 Å². The molecule has 0 rings (SSSR count). The van der Waals surface area contributed by atoms with Crippen molar-refractivity contribution in [1.29, 1.82) is 5.41 Å². The minimum atomic E-state index is -0.426. The van der Waals surface area contributed by atoms with Crippen LogP contribution in [0.1, 0.15) is 0 Å². The molecule has 0 aromatic rings. The molecule has 30 valence electrons. The van der Waals surface area contributed by atoms with Gasteiger partial charge < -0.3 is 16.4 Å². The van der Waals surface area contributed by atoms with Crippen LogP contribution in [0.2, 0.25) is 0 Å². The van der Waals surface area contributed by atoms with E-state index >= 15 is 0 Å². The predicted molar refractivity (Wildman–Crippen MR) is 17.2 cm³/mol. The molecule has 0 aliphatic heterocycles. The van der Waals surface area contributed by atoms with E-state index in [1.807, 2.05) is 0 Å². The lowest BCUT2D eigenvalue weighted by Crippen LogP contribution is -2.84. The van der Waals surface area contributed by atoms with E-state index in [4.69, 9.17) is 10.6 Å². The van der Waals surface area contributed by atoms with Crippen molar-refractivity contribution in [3.05, 3.63) is 5.21 Å². The number of hydrogen-bond acceptors (Lipinski definition) is 2. The number of hydrogen-bond donors (Lipinski definition) is 3. The van der Waals surface area contributed by atoms with Gasteiger partial charge in [-0.2, -0.15) is 0 Å². The van der Waals surface area contributed by atoms with E-state index in [2.05, 4.69) is 5.73 Å². The van der Waals surface area contributed by atoms with Crippen LogP contribution in [0.4, 0.5) is 0 Å². The number of nitrogens with two attached hydrogens (primary N) is 2. The van der Waals surface area contributed by atoms with Gasteiger partial charge in [0.1, 0.15) is 0 Å². The lowest BCUT2D eigenvalue weighted by Gasteiger charge is -1.90. The first-order valence-electron chi connectivity index (χ1n) is 1.06. The summed E-state index contributed by atoms with van der Waals surface area (Å²) in [5.41, 5.74) is 4.78. The van der Waals surface area contributed by atoms with Gasteiger partial charge in [0.05, 0.1) is 0 Å². The summed E-state index contributed by atoms with van der Waals surface area (Å²) in [7, 11) is 0. The molecule has 0 fully saturated rings. The second-order valence-corrected chi connectivity index (χ2v) is 0.573. The Bertz CT molecular complexity index is 42.2. The Kier molecular flexibility index (Phi) is 1.48. The molecular weight excluding hydrogens is 70.0 g/mol. The van der Waals surface area contributed by atoms with Crippen molar-refractivity contribution in [2.24, 2.45) is 5.73 Å². The van der Waals surface area contributed by atoms with E-state index in [1.165, 1.54) is 0 Å². The van der Waals surface area contributed by atoms with E-state index < -0.39 is 5.96 Å². The summed E-state index contributed by atoms with van der Waals surface area (Å²) in [6.45, 7) is 0. The Hall–Kier alpha value is -0.610. The average Bonchev–Trinajstić information content (AvgIpc) is 1.38. The van der Waals surface area contributed by atoms with E-state index in [0.717, 1.165) is 0 Å². The van der Waals surface area contributed by atoms with Gasteiger partial charge in [-0.25, -0.2) is 5.41 Å². The fraction of sp³-hybridized carbons (Fsp3) is 0. The first-order chi connectivity index (χ1) is 2.27. The van der Waals surface area contributed by atoms with E-state index in [9.17, 15) is 0 Å². The van der Waals surface area contributed by atoms with Crippen LogP contribution in [-0.2, 0) is 0 Å². The van der Waals surface area contributed by atoms with Gasteiger partial charge in [0.15, 0.2) is 0 Å². The standard InChI is InChI=1S/CH5N3O/c2-1(3)4-5/h4H2,(H3,2,3). The summed E-state index contributed by atoms with van der Waals surface area (Å²) >= 11 is 0. The molecule has 0 aliphatic rings. The molecule has 0 radical (unpaired) electrons. The van der Waals surface area contributed by atoms with Gasteiger partial charge in [0.2, 0.25) is 0 Å². The number of guanidine groups is 1. The molecule has 0 saturated heterocycles. The van der Waals surface area contributed by atoms with Crippen molar-refractivity contribution in [2.75, 3.05) is 0 Å². The van der Waals surface area contributed by atoms with Crippen LogP contribution < -0.4 is 11.2 Å². The lowest BCUT2D eigenvalue weighted by molar-refractivity contribution is -0.465. The molecule has 0 unspecified atom stereocenters. The third-order valence-corrected chi connectivity index (χ3v) is 0.127. The number of nitrogens with one attached hydrogen (secondary N) is 1. The Balaban J connectivity index is 2.85. The molecule has 0 heterocycles. The first kappa shape index (κ1) is 4.39. The average molecular weight is 75.1 g/mol. The van der Waals surface area contributed by atoms with Crippen molar-refractivity contribution < 1.29 is 5.48 Å². The normalized spacial score (nSPS) is 7.40. The second kappa shape index (κ2) is 1.68. The van der Waals surface area contributed by atoms with E-state index in [-0.39, 0.29) is 5.48 Å². The Morgan fingerprint density at radius 1 is 2.00 bits per heavy atom. The molecule has 5 heavy (non-hydrogen) atoms.